The van der Waals surface area contributed by atoms with Crippen LogP contribution in [0.1, 0.15) is 52.5 Å². The number of anilines is 2. The number of carbonyl (C=O) groups excluding carboxylic acids is 3. The molecule has 28 heavy (non-hydrogen) atoms. The third-order valence-electron chi connectivity index (χ3n) is 4.66. The number of hydrogen-bond donors (Lipinski definition) is 1. The van der Waals surface area contributed by atoms with Crippen molar-refractivity contribution in [2.45, 2.75) is 39.2 Å². The molecular formula is C21H24N2O4S. The summed E-state index contributed by atoms with van der Waals surface area (Å²) in [5, 5.41) is 2.77. The standard InChI is InChI=1S/C21H24N2O4S/c1-14(24)18-10-11-19(28-18)21(26)27-15(2)20(25)22-16-6-8-17(9-7-16)23-12-4-3-5-13-23/h6-11,15H,3-5,12-13H2,1-2H3,(H,22,25)/t15-/m1/s1. The van der Waals surface area contributed by atoms with E-state index in [0.29, 0.717) is 15.4 Å². The fraction of sp³-hybridized carbons (Fsp3) is 0.381. The van der Waals surface area contributed by atoms with Crippen LogP contribution in [0.15, 0.2) is 36.4 Å². The van der Waals surface area contributed by atoms with E-state index in [0.717, 1.165) is 30.1 Å². The Hall–Kier alpha value is -2.67. The number of rotatable bonds is 6. The highest BCUT2D eigenvalue weighted by Crippen LogP contribution is 2.22. The largest absolute Gasteiger partial charge is 0.448 e. The molecule has 0 aliphatic carbocycles. The SMILES string of the molecule is CC(=O)c1ccc(C(=O)O[C@H](C)C(=O)Nc2ccc(N3CCCCC3)cc2)s1. The van der Waals surface area contributed by atoms with Gasteiger partial charge >= 0.3 is 5.97 Å². The third-order valence-corrected chi connectivity index (χ3v) is 5.83. The van der Waals surface area contributed by atoms with Gasteiger partial charge in [-0.1, -0.05) is 0 Å². The molecule has 1 aliphatic rings. The van der Waals surface area contributed by atoms with Crippen LogP contribution in [0, 0.1) is 0 Å². The summed E-state index contributed by atoms with van der Waals surface area (Å²) >= 11 is 1.06. The molecule has 1 amide bonds. The molecule has 1 aromatic heterocycles. The summed E-state index contributed by atoms with van der Waals surface area (Å²) in [5.74, 6) is -1.12. The number of thiophene rings is 1. The van der Waals surface area contributed by atoms with Crippen LogP contribution < -0.4 is 10.2 Å². The lowest BCUT2D eigenvalue weighted by Crippen LogP contribution is -2.30. The maximum absolute atomic E-state index is 12.3. The van der Waals surface area contributed by atoms with Crippen LogP contribution in [0.3, 0.4) is 0 Å². The highest BCUT2D eigenvalue weighted by molar-refractivity contribution is 7.15. The van der Waals surface area contributed by atoms with Crippen molar-refractivity contribution in [1.29, 1.82) is 0 Å². The summed E-state index contributed by atoms with van der Waals surface area (Å²) in [7, 11) is 0. The van der Waals surface area contributed by atoms with Gasteiger partial charge in [0.25, 0.3) is 5.91 Å². The summed E-state index contributed by atoms with van der Waals surface area (Å²) in [5.41, 5.74) is 1.81. The number of esters is 1. The van der Waals surface area contributed by atoms with Crippen LogP contribution in [0.5, 0.6) is 0 Å². The van der Waals surface area contributed by atoms with E-state index in [9.17, 15) is 14.4 Å². The molecule has 0 spiro atoms. The first-order valence-electron chi connectivity index (χ1n) is 9.41. The van der Waals surface area contributed by atoms with Crippen molar-refractivity contribution in [3.8, 4) is 0 Å². The molecule has 1 saturated heterocycles. The molecule has 6 nitrogen and oxygen atoms in total. The fourth-order valence-electron chi connectivity index (χ4n) is 3.06. The molecule has 7 heteroatoms. The van der Waals surface area contributed by atoms with E-state index in [4.69, 9.17) is 4.74 Å². The second kappa shape index (κ2) is 9.01. The van der Waals surface area contributed by atoms with Crippen LogP contribution >= 0.6 is 11.3 Å². The minimum Gasteiger partial charge on any atom is -0.448 e. The van der Waals surface area contributed by atoms with Crippen molar-refractivity contribution in [2.75, 3.05) is 23.3 Å². The molecule has 148 valence electrons. The molecule has 1 fully saturated rings. The van der Waals surface area contributed by atoms with E-state index in [1.165, 1.54) is 39.2 Å². The van der Waals surface area contributed by atoms with E-state index >= 15 is 0 Å². The van der Waals surface area contributed by atoms with E-state index in [1.54, 1.807) is 6.07 Å². The van der Waals surface area contributed by atoms with E-state index in [1.807, 2.05) is 24.3 Å². The number of ketones is 1. The molecule has 2 heterocycles. The normalized spacial score (nSPS) is 15.0. The van der Waals surface area contributed by atoms with Gasteiger partial charge in [-0.25, -0.2) is 4.79 Å². The number of amides is 1. The Morgan fingerprint density at radius 3 is 2.25 bits per heavy atom. The molecule has 1 N–H and O–H groups in total. The first-order valence-corrected chi connectivity index (χ1v) is 10.2. The van der Waals surface area contributed by atoms with Gasteiger partial charge in [0.05, 0.1) is 4.88 Å². The first-order chi connectivity index (χ1) is 13.4. The summed E-state index contributed by atoms with van der Waals surface area (Å²) < 4.78 is 5.22. The molecule has 0 unspecified atom stereocenters. The number of carbonyl (C=O) groups is 3. The average molecular weight is 401 g/mol. The van der Waals surface area contributed by atoms with Crippen molar-refractivity contribution in [1.82, 2.24) is 0 Å². The van der Waals surface area contributed by atoms with E-state index in [2.05, 4.69) is 10.2 Å². The van der Waals surface area contributed by atoms with Gasteiger partial charge in [-0.3, -0.25) is 9.59 Å². The monoisotopic (exact) mass is 400 g/mol. The van der Waals surface area contributed by atoms with Crippen LogP contribution in [-0.4, -0.2) is 36.9 Å². The Morgan fingerprint density at radius 1 is 1.00 bits per heavy atom. The topological polar surface area (TPSA) is 75.7 Å². The zero-order valence-corrected chi connectivity index (χ0v) is 16.9. The lowest BCUT2D eigenvalue weighted by molar-refractivity contribution is -0.123. The maximum Gasteiger partial charge on any atom is 0.349 e. The number of nitrogens with zero attached hydrogens (tertiary/aromatic N) is 1. The minimum atomic E-state index is -0.947. The van der Waals surface area contributed by atoms with Crippen LogP contribution in [0.2, 0.25) is 0 Å². The third kappa shape index (κ3) is 4.98. The second-order valence-corrected chi connectivity index (χ2v) is 7.94. The molecule has 3 rings (SSSR count). The molecule has 0 radical (unpaired) electrons. The Kier molecular flexibility index (Phi) is 6.46. The molecular weight excluding hydrogens is 376 g/mol. The highest BCUT2D eigenvalue weighted by Gasteiger charge is 2.21. The van der Waals surface area contributed by atoms with Gasteiger partial charge in [0.1, 0.15) is 4.88 Å². The van der Waals surface area contributed by atoms with Gasteiger partial charge in [-0.2, -0.15) is 0 Å². The molecule has 0 saturated carbocycles. The first kappa shape index (κ1) is 20.1. The van der Waals surface area contributed by atoms with E-state index in [-0.39, 0.29) is 5.78 Å². The van der Waals surface area contributed by atoms with Crippen LogP contribution in [-0.2, 0) is 9.53 Å². The van der Waals surface area contributed by atoms with Crippen molar-refractivity contribution >= 4 is 40.4 Å². The van der Waals surface area contributed by atoms with Crippen molar-refractivity contribution < 1.29 is 19.1 Å². The van der Waals surface area contributed by atoms with Crippen LogP contribution in [0.25, 0.3) is 0 Å². The number of ether oxygens (including phenoxy) is 1. The molecule has 1 aromatic carbocycles. The summed E-state index contributed by atoms with van der Waals surface area (Å²) in [6.07, 6.45) is 2.75. The van der Waals surface area contributed by atoms with Crippen molar-refractivity contribution in [3.63, 3.8) is 0 Å². The summed E-state index contributed by atoms with van der Waals surface area (Å²) in [4.78, 5) is 38.9. The van der Waals surface area contributed by atoms with Crippen molar-refractivity contribution in [3.05, 3.63) is 46.2 Å². The van der Waals surface area contributed by atoms with Gasteiger partial charge in [-0.05, 0) is 69.5 Å². The smallest absolute Gasteiger partial charge is 0.349 e. The lowest BCUT2D eigenvalue weighted by atomic mass is 10.1. The van der Waals surface area contributed by atoms with Gasteiger partial charge < -0.3 is 15.0 Å². The lowest BCUT2D eigenvalue weighted by Gasteiger charge is -2.28. The number of nitrogens with one attached hydrogen (secondary N) is 1. The minimum absolute atomic E-state index is 0.108. The molecule has 2 aromatic rings. The number of benzene rings is 1. The Morgan fingerprint density at radius 2 is 1.64 bits per heavy atom. The zero-order valence-electron chi connectivity index (χ0n) is 16.1. The highest BCUT2D eigenvalue weighted by atomic mass is 32.1. The Labute approximate surface area is 168 Å². The van der Waals surface area contributed by atoms with Gasteiger partial charge in [0.15, 0.2) is 11.9 Å². The Balaban J connectivity index is 1.54. The predicted molar refractivity (Wildman–Crippen MR) is 110 cm³/mol. The Bertz CT molecular complexity index is 854. The molecule has 1 atom stereocenters. The summed E-state index contributed by atoms with van der Waals surface area (Å²) in [6.45, 7) is 5.09. The molecule has 0 bridgehead atoms. The second-order valence-electron chi connectivity index (χ2n) is 6.85. The fourth-order valence-corrected chi connectivity index (χ4v) is 3.84. The predicted octanol–water partition coefficient (Wildman–Crippen LogP) is 4.13. The van der Waals surface area contributed by atoms with Gasteiger partial charge in [-0.15, -0.1) is 11.3 Å². The van der Waals surface area contributed by atoms with E-state index < -0.39 is 18.0 Å². The quantitative estimate of drug-likeness (QED) is 0.583. The van der Waals surface area contributed by atoms with Gasteiger partial charge in [0.2, 0.25) is 0 Å². The number of piperidine rings is 1. The van der Waals surface area contributed by atoms with Crippen molar-refractivity contribution in [2.24, 2.45) is 0 Å². The number of hydrogen-bond acceptors (Lipinski definition) is 6. The summed E-state index contributed by atoms with van der Waals surface area (Å²) in [6, 6.07) is 10.8. The van der Waals surface area contributed by atoms with Gasteiger partial charge in [0, 0.05) is 24.5 Å². The average Bonchev–Trinajstić information content (AvgIpc) is 3.20. The molecule has 1 aliphatic heterocycles. The zero-order chi connectivity index (χ0) is 20.1. The van der Waals surface area contributed by atoms with Crippen LogP contribution in [0.4, 0.5) is 11.4 Å². The number of Topliss-reactive ketones (excluding diaryl/α,β-unsaturated/α-hetero) is 1. The maximum atomic E-state index is 12.3.